The molecule has 2 aromatic carbocycles. The largest absolute Gasteiger partial charge is 0.489 e. The minimum atomic E-state index is -0.343. The number of ether oxygens (including phenoxy) is 1. The van der Waals surface area contributed by atoms with Gasteiger partial charge in [-0.25, -0.2) is 0 Å². The maximum Gasteiger partial charge on any atom is 0.205 e. The maximum atomic E-state index is 12.9. The number of halogens is 1. The van der Waals surface area contributed by atoms with Gasteiger partial charge in [0.1, 0.15) is 24.0 Å². The molecule has 4 aromatic rings. The van der Waals surface area contributed by atoms with Gasteiger partial charge in [0.15, 0.2) is 0 Å². The number of benzene rings is 2. The van der Waals surface area contributed by atoms with Crippen molar-refractivity contribution in [2.45, 2.75) is 6.61 Å². The summed E-state index contributed by atoms with van der Waals surface area (Å²) in [7, 11) is 0. The first kappa shape index (κ1) is 19.4. The summed E-state index contributed by atoms with van der Waals surface area (Å²) < 4.78 is 5.75. The Labute approximate surface area is 178 Å². The molecule has 0 bridgehead atoms. The van der Waals surface area contributed by atoms with Gasteiger partial charge in [-0.1, -0.05) is 29.8 Å². The molecule has 146 valence electrons. The van der Waals surface area contributed by atoms with E-state index in [-0.39, 0.29) is 11.4 Å². The molecule has 2 heterocycles. The number of carbonyl (C=O) groups excluding carboxylic acids is 1. The number of hydrogen-bond acceptors (Lipinski definition) is 4. The van der Waals surface area contributed by atoms with Crippen molar-refractivity contribution in [3.63, 3.8) is 0 Å². The zero-order valence-electron chi connectivity index (χ0n) is 15.8. The summed E-state index contributed by atoms with van der Waals surface area (Å²) in [6.07, 6.45) is 6.61. The Morgan fingerprint density at radius 2 is 1.90 bits per heavy atom. The van der Waals surface area contributed by atoms with Crippen LogP contribution in [0.2, 0.25) is 5.02 Å². The minimum absolute atomic E-state index is 0.0521. The van der Waals surface area contributed by atoms with Crippen molar-refractivity contribution in [1.82, 2.24) is 9.97 Å². The number of Topliss-reactive ketones (excluding diaryl/α,β-unsaturated/α-hetero) is 1. The van der Waals surface area contributed by atoms with Gasteiger partial charge < -0.3 is 9.72 Å². The van der Waals surface area contributed by atoms with Gasteiger partial charge in [0.05, 0.1) is 0 Å². The molecular formula is C24H16ClN3O2. The zero-order chi connectivity index (χ0) is 20.9. The molecule has 30 heavy (non-hydrogen) atoms. The Hall–Kier alpha value is -3.88. The van der Waals surface area contributed by atoms with Crippen LogP contribution in [-0.2, 0) is 6.61 Å². The molecule has 0 atom stereocenters. The molecule has 0 aliphatic rings. The number of allylic oxidation sites excluding steroid dienone is 1. The quantitative estimate of drug-likeness (QED) is 0.254. The van der Waals surface area contributed by atoms with Crippen molar-refractivity contribution in [1.29, 1.82) is 5.26 Å². The molecule has 0 aliphatic carbocycles. The molecule has 0 aliphatic heterocycles. The summed E-state index contributed by atoms with van der Waals surface area (Å²) >= 11 is 5.99. The Morgan fingerprint density at radius 3 is 2.63 bits per heavy atom. The average Bonchev–Trinajstić information content (AvgIpc) is 3.20. The summed E-state index contributed by atoms with van der Waals surface area (Å²) in [5.74, 6) is 0.353. The highest BCUT2D eigenvalue weighted by molar-refractivity contribution is 6.31. The second kappa shape index (κ2) is 8.64. The first-order valence-corrected chi connectivity index (χ1v) is 9.57. The number of ketones is 1. The normalized spacial score (nSPS) is 11.3. The van der Waals surface area contributed by atoms with E-state index in [1.165, 1.54) is 0 Å². The van der Waals surface area contributed by atoms with Crippen LogP contribution >= 0.6 is 11.6 Å². The molecule has 6 heteroatoms. The van der Waals surface area contributed by atoms with E-state index >= 15 is 0 Å². The van der Waals surface area contributed by atoms with E-state index in [2.05, 4.69) is 9.97 Å². The summed E-state index contributed by atoms with van der Waals surface area (Å²) in [4.78, 5) is 19.9. The molecule has 0 fully saturated rings. The van der Waals surface area contributed by atoms with Gasteiger partial charge in [0, 0.05) is 40.1 Å². The second-order valence-corrected chi connectivity index (χ2v) is 7.04. The standard InChI is InChI=1S/C24H16ClN3O2/c25-19-3-6-21-22(14-28-23(21)12-19)24(29)18(13-26)11-16-1-4-20(5-2-16)30-15-17-7-9-27-10-8-17/h1-12,14,28H,15H2/b18-11+. The molecule has 0 radical (unpaired) electrons. The lowest BCUT2D eigenvalue weighted by Gasteiger charge is -2.06. The number of nitrogens with zero attached hydrogens (tertiary/aromatic N) is 2. The number of nitriles is 1. The van der Waals surface area contributed by atoms with E-state index in [0.717, 1.165) is 22.0 Å². The van der Waals surface area contributed by atoms with Gasteiger partial charge in [-0.3, -0.25) is 9.78 Å². The van der Waals surface area contributed by atoms with Crippen LogP contribution < -0.4 is 4.74 Å². The lowest BCUT2D eigenvalue weighted by Crippen LogP contribution is -2.01. The van der Waals surface area contributed by atoms with E-state index < -0.39 is 0 Å². The fourth-order valence-electron chi connectivity index (χ4n) is 3.05. The zero-order valence-corrected chi connectivity index (χ0v) is 16.6. The van der Waals surface area contributed by atoms with E-state index in [1.54, 1.807) is 55.0 Å². The van der Waals surface area contributed by atoms with Crippen molar-refractivity contribution in [3.05, 3.63) is 100 Å². The number of hydrogen-bond donors (Lipinski definition) is 1. The van der Waals surface area contributed by atoms with Crippen molar-refractivity contribution in [2.24, 2.45) is 0 Å². The molecule has 4 rings (SSSR count). The van der Waals surface area contributed by atoms with Crippen molar-refractivity contribution in [2.75, 3.05) is 0 Å². The highest BCUT2D eigenvalue weighted by atomic mass is 35.5. The lowest BCUT2D eigenvalue weighted by molar-refractivity contribution is 0.104. The number of H-pyrrole nitrogens is 1. The van der Waals surface area contributed by atoms with Crippen molar-refractivity contribution < 1.29 is 9.53 Å². The third-order valence-electron chi connectivity index (χ3n) is 4.60. The minimum Gasteiger partial charge on any atom is -0.489 e. The van der Waals surface area contributed by atoms with Crippen LogP contribution in [0.25, 0.3) is 17.0 Å². The number of fused-ring (bicyclic) bond motifs is 1. The molecule has 0 spiro atoms. The molecule has 5 nitrogen and oxygen atoms in total. The second-order valence-electron chi connectivity index (χ2n) is 6.60. The van der Waals surface area contributed by atoms with E-state index in [1.807, 2.05) is 30.3 Å². The van der Waals surface area contributed by atoms with E-state index in [4.69, 9.17) is 16.3 Å². The summed E-state index contributed by atoms with van der Waals surface area (Å²) in [5, 5.41) is 10.8. The maximum absolute atomic E-state index is 12.9. The Bertz CT molecular complexity index is 1270. The Morgan fingerprint density at radius 1 is 1.13 bits per heavy atom. The fraction of sp³-hybridized carbons (Fsp3) is 0.0417. The van der Waals surface area contributed by atoms with Crippen molar-refractivity contribution in [3.8, 4) is 11.8 Å². The topological polar surface area (TPSA) is 78.8 Å². The summed E-state index contributed by atoms with van der Waals surface area (Å²) in [6.45, 7) is 0.435. The predicted octanol–water partition coefficient (Wildman–Crippen LogP) is 5.59. The van der Waals surface area contributed by atoms with E-state index in [0.29, 0.717) is 22.9 Å². The van der Waals surface area contributed by atoms with E-state index in [9.17, 15) is 10.1 Å². The third-order valence-corrected chi connectivity index (χ3v) is 4.83. The Balaban J connectivity index is 1.52. The van der Waals surface area contributed by atoms with Gasteiger partial charge in [-0.05, 0) is 53.6 Å². The monoisotopic (exact) mass is 413 g/mol. The highest BCUT2D eigenvalue weighted by Gasteiger charge is 2.17. The smallest absolute Gasteiger partial charge is 0.205 e. The van der Waals surface area contributed by atoms with Crippen molar-refractivity contribution >= 4 is 34.4 Å². The molecular weight excluding hydrogens is 398 g/mol. The van der Waals surface area contributed by atoms with Crippen LogP contribution in [0.15, 0.2) is 78.8 Å². The van der Waals surface area contributed by atoms with Crippen LogP contribution in [-0.4, -0.2) is 15.8 Å². The van der Waals surface area contributed by atoms with Crippen LogP contribution in [0.5, 0.6) is 5.75 Å². The number of aromatic amines is 1. The van der Waals surface area contributed by atoms with Crippen LogP contribution in [0.4, 0.5) is 0 Å². The fourth-order valence-corrected chi connectivity index (χ4v) is 3.22. The highest BCUT2D eigenvalue weighted by Crippen LogP contribution is 2.25. The van der Waals surface area contributed by atoms with Gasteiger partial charge in [0.25, 0.3) is 0 Å². The van der Waals surface area contributed by atoms with Gasteiger partial charge >= 0.3 is 0 Å². The van der Waals surface area contributed by atoms with Crippen LogP contribution in [0.1, 0.15) is 21.5 Å². The third kappa shape index (κ3) is 4.24. The first-order valence-electron chi connectivity index (χ1n) is 9.19. The average molecular weight is 414 g/mol. The molecule has 2 aromatic heterocycles. The van der Waals surface area contributed by atoms with Gasteiger partial charge in [-0.2, -0.15) is 5.26 Å². The van der Waals surface area contributed by atoms with Crippen LogP contribution in [0, 0.1) is 11.3 Å². The summed E-state index contributed by atoms with van der Waals surface area (Å²) in [6, 6.07) is 18.2. The number of pyridine rings is 1. The number of nitrogens with one attached hydrogen (secondary N) is 1. The molecule has 1 N–H and O–H groups in total. The molecule has 0 amide bonds. The predicted molar refractivity (Wildman–Crippen MR) is 116 cm³/mol. The molecule has 0 saturated carbocycles. The van der Waals surface area contributed by atoms with Gasteiger partial charge in [0.2, 0.25) is 5.78 Å². The summed E-state index contributed by atoms with van der Waals surface area (Å²) in [5.41, 5.74) is 2.99. The number of carbonyl (C=O) groups is 1. The Kier molecular flexibility index (Phi) is 5.60. The first-order chi connectivity index (χ1) is 14.6. The molecule has 0 saturated heterocycles. The number of aromatic nitrogens is 2. The van der Waals surface area contributed by atoms with Gasteiger partial charge in [-0.15, -0.1) is 0 Å². The number of rotatable bonds is 6. The molecule has 0 unspecified atom stereocenters. The lowest BCUT2D eigenvalue weighted by atomic mass is 10.0. The van der Waals surface area contributed by atoms with Crippen LogP contribution in [0.3, 0.4) is 0 Å². The SMILES string of the molecule is N#C/C(=C\c1ccc(OCc2ccncc2)cc1)C(=O)c1c[nH]c2cc(Cl)ccc12.